The highest BCUT2D eigenvalue weighted by molar-refractivity contribution is 7.12. The Morgan fingerprint density at radius 3 is 2.52 bits per heavy atom. The Bertz CT molecular complexity index is 1200. The first-order chi connectivity index (χ1) is 13.9. The van der Waals surface area contributed by atoms with Gasteiger partial charge < -0.3 is 5.32 Å². The molecule has 8 heteroatoms. The molecule has 1 N–H and O–H groups in total. The molecule has 0 bridgehead atoms. The van der Waals surface area contributed by atoms with Crippen LogP contribution in [0.4, 0.5) is 14.6 Å². The van der Waals surface area contributed by atoms with Gasteiger partial charge in [-0.3, -0.25) is 4.79 Å². The van der Waals surface area contributed by atoms with E-state index in [1.165, 1.54) is 22.1 Å². The second kappa shape index (κ2) is 7.56. The minimum absolute atomic E-state index is 0.00814. The van der Waals surface area contributed by atoms with Gasteiger partial charge in [-0.25, -0.2) is 13.8 Å². The van der Waals surface area contributed by atoms with Crippen LogP contribution in [0.5, 0.6) is 0 Å². The zero-order chi connectivity index (χ0) is 20.5. The Kier molecular flexibility index (Phi) is 4.94. The first-order valence-electron chi connectivity index (χ1n) is 8.77. The van der Waals surface area contributed by atoms with Crippen molar-refractivity contribution in [3.05, 3.63) is 82.4 Å². The predicted octanol–water partition coefficient (Wildman–Crippen LogP) is 5.14. The number of halogens is 2. The van der Waals surface area contributed by atoms with E-state index in [-0.39, 0.29) is 5.56 Å². The van der Waals surface area contributed by atoms with Gasteiger partial charge >= 0.3 is 0 Å². The van der Waals surface area contributed by atoms with E-state index in [9.17, 15) is 13.6 Å². The van der Waals surface area contributed by atoms with Crippen molar-refractivity contribution in [1.29, 1.82) is 0 Å². The molecule has 0 spiro atoms. The molecule has 29 heavy (non-hydrogen) atoms. The van der Waals surface area contributed by atoms with Gasteiger partial charge in [0.2, 0.25) is 5.13 Å². The first kappa shape index (κ1) is 18.9. The number of nitrogens with one attached hydrogen (secondary N) is 1. The maximum Gasteiger partial charge on any atom is 0.256 e. The fraction of sp³-hybridized carbons (Fsp3) is 0.0952. The Hall–Kier alpha value is -3.39. The summed E-state index contributed by atoms with van der Waals surface area (Å²) in [5.41, 5.74) is 3.63. The molecule has 0 radical (unpaired) electrons. The van der Waals surface area contributed by atoms with Crippen molar-refractivity contribution in [3.8, 4) is 16.4 Å². The third-order valence-electron chi connectivity index (χ3n) is 4.28. The molecule has 0 saturated heterocycles. The zero-order valence-corrected chi connectivity index (χ0v) is 16.4. The second-order valence-corrected chi connectivity index (χ2v) is 7.38. The van der Waals surface area contributed by atoms with E-state index in [0.717, 1.165) is 29.0 Å². The van der Waals surface area contributed by atoms with Crippen LogP contribution in [0.3, 0.4) is 0 Å². The summed E-state index contributed by atoms with van der Waals surface area (Å²) in [5.74, 6) is -2.26. The van der Waals surface area contributed by atoms with Crippen LogP contribution in [-0.2, 0) is 0 Å². The van der Waals surface area contributed by atoms with Crippen LogP contribution in [0.2, 0.25) is 0 Å². The van der Waals surface area contributed by atoms with Crippen molar-refractivity contribution < 1.29 is 13.6 Å². The molecule has 0 aliphatic heterocycles. The van der Waals surface area contributed by atoms with Crippen molar-refractivity contribution >= 4 is 23.1 Å². The molecule has 2 heterocycles. The Morgan fingerprint density at radius 2 is 1.79 bits per heavy atom. The maximum absolute atomic E-state index is 13.4. The van der Waals surface area contributed by atoms with E-state index in [4.69, 9.17) is 0 Å². The summed E-state index contributed by atoms with van der Waals surface area (Å²) in [6.45, 7) is 3.81. The highest BCUT2D eigenvalue weighted by Crippen LogP contribution is 2.27. The number of rotatable bonds is 4. The Morgan fingerprint density at radius 1 is 1.03 bits per heavy atom. The standard InChI is InChI=1S/C21H16F2N4OS/c1-12-3-5-14(6-4-12)18-11-29-21(24-18)27-19(9-13(2)26-27)25-20(28)15-7-8-16(22)17(23)10-15/h3-11H,1-2H3,(H,25,28). The molecule has 2 aromatic carbocycles. The number of carbonyl (C=O) groups is 1. The normalized spacial score (nSPS) is 10.9. The van der Waals surface area contributed by atoms with E-state index in [0.29, 0.717) is 16.6 Å². The molecule has 0 aliphatic carbocycles. The highest BCUT2D eigenvalue weighted by Gasteiger charge is 2.16. The van der Waals surface area contributed by atoms with Crippen molar-refractivity contribution in [2.24, 2.45) is 0 Å². The number of carbonyl (C=O) groups excluding carboxylic acids is 1. The molecule has 1 amide bonds. The number of aromatic nitrogens is 3. The molecule has 4 aromatic rings. The summed E-state index contributed by atoms with van der Waals surface area (Å²) in [6, 6.07) is 12.7. The minimum Gasteiger partial charge on any atom is -0.306 e. The zero-order valence-electron chi connectivity index (χ0n) is 15.6. The van der Waals surface area contributed by atoms with Crippen LogP contribution in [0, 0.1) is 25.5 Å². The average Bonchev–Trinajstić information content (AvgIpc) is 3.31. The molecule has 5 nitrogen and oxygen atoms in total. The lowest BCUT2D eigenvalue weighted by molar-refractivity contribution is 0.102. The second-order valence-electron chi connectivity index (χ2n) is 6.55. The van der Waals surface area contributed by atoms with Crippen LogP contribution in [0.25, 0.3) is 16.4 Å². The SMILES string of the molecule is Cc1ccc(-c2csc(-n3nc(C)cc3NC(=O)c3ccc(F)c(F)c3)n2)cc1. The van der Waals surface area contributed by atoms with Gasteiger partial charge in [0.05, 0.1) is 11.4 Å². The number of amides is 1. The summed E-state index contributed by atoms with van der Waals surface area (Å²) < 4.78 is 28.1. The van der Waals surface area contributed by atoms with Gasteiger partial charge in [0.15, 0.2) is 11.6 Å². The van der Waals surface area contributed by atoms with Crippen LogP contribution < -0.4 is 5.32 Å². The van der Waals surface area contributed by atoms with E-state index < -0.39 is 17.5 Å². The largest absolute Gasteiger partial charge is 0.306 e. The summed E-state index contributed by atoms with van der Waals surface area (Å²) >= 11 is 1.38. The third-order valence-corrected chi connectivity index (χ3v) is 5.09. The molecule has 0 aliphatic rings. The van der Waals surface area contributed by atoms with Crippen LogP contribution in [0.1, 0.15) is 21.6 Å². The summed E-state index contributed by atoms with van der Waals surface area (Å²) in [5, 5.41) is 9.58. The van der Waals surface area contributed by atoms with Crippen molar-refractivity contribution in [2.45, 2.75) is 13.8 Å². The molecule has 0 atom stereocenters. The van der Waals surface area contributed by atoms with Crippen molar-refractivity contribution in [2.75, 3.05) is 5.32 Å². The van der Waals surface area contributed by atoms with E-state index >= 15 is 0 Å². The van der Waals surface area contributed by atoms with Gasteiger partial charge in [0, 0.05) is 22.6 Å². The lowest BCUT2D eigenvalue weighted by Crippen LogP contribution is -2.15. The van der Waals surface area contributed by atoms with Crippen LogP contribution >= 0.6 is 11.3 Å². The summed E-state index contributed by atoms with van der Waals surface area (Å²) in [7, 11) is 0. The Balaban J connectivity index is 1.62. The smallest absolute Gasteiger partial charge is 0.256 e. The molecule has 4 rings (SSSR count). The first-order valence-corrected chi connectivity index (χ1v) is 9.65. The fourth-order valence-corrected chi connectivity index (χ4v) is 3.57. The number of anilines is 1. The lowest BCUT2D eigenvalue weighted by atomic mass is 10.1. The minimum atomic E-state index is -1.08. The molecular formula is C21H16F2N4OS. The van der Waals surface area contributed by atoms with E-state index in [1.807, 2.05) is 36.6 Å². The highest BCUT2D eigenvalue weighted by atomic mass is 32.1. The van der Waals surface area contributed by atoms with Gasteiger partial charge in [-0.1, -0.05) is 29.8 Å². The lowest BCUT2D eigenvalue weighted by Gasteiger charge is -2.07. The number of benzene rings is 2. The number of nitrogens with zero attached hydrogens (tertiary/aromatic N) is 3. The number of hydrogen-bond acceptors (Lipinski definition) is 4. The van der Waals surface area contributed by atoms with Crippen molar-refractivity contribution in [1.82, 2.24) is 14.8 Å². The number of aryl methyl sites for hydroxylation is 2. The molecule has 146 valence electrons. The molecular weight excluding hydrogens is 394 g/mol. The average molecular weight is 410 g/mol. The van der Waals surface area contributed by atoms with E-state index in [2.05, 4.69) is 15.4 Å². The fourth-order valence-electron chi connectivity index (χ4n) is 2.78. The molecule has 2 aromatic heterocycles. The van der Waals surface area contributed by atoms with Crippen molar-refractivity contribution in [3.63, 3.8) is 0 Å². The summed E-state index contributed by atoms with van der Waals surface area (Å²) in [4.78, 5) is 17.1. The maximum atomic E-state index is 13.4. The Labute approximate surface area is 169 Å². The van der Waals surface area contributed by atoms with Gasteiger partial charge in [0.25, 0.3) is 5.91 Å². The topological polar surface area (TPSA) is 59.8 Å². The summed E-state index contributed by atoms with van der Waals surface area (Å²) in [6.07, 6.45) is 0. The monoisotopic (exact) mass is 410 g/mol. The quantitative estimate of drug-likeness (QED) is 0.507. The predicted molar refractivity (Wildman–Crippen MR) is 108 cm³/mol. The van der Waals surface area contributed by atoms with Gasteiger partial charge in [-0.05, 0) is 32.0 Å². The van der Waals surface area contributed by atoms with Gasteiger partial charge in [-0.2, -0.15) is 9.78 Å². The number of hydrogen-bond donors (Lipinski definition) is 1. The molecule has 0 fully saturated rings. The number of thiazole rings is 1. The van der Waals surface area contributed by atoms with E-state index in [1.54, 1.807) is 13.0 Å². The van der Waals surface area contributed by atoms with Gasteiger partial charge in [0.1, 0.15) is 5.82 Å². The van der Waals surface area contributed by atoms with Crippen LogP contribution in [0.15, 0.2) is 53.9 Å². The third kappa shape index (κ3) is 3.93. The molecule has 0 saturated carbocycles. The van der Waals surface area contributed by atoms with Gasteiger partial charge in [-0.15, -0.1) is 11.3 Å². The van der Waals surface area contributed by atoms with Crippen LogP contribution in [-0.4, -0.2) is 20.7 Å². The molecule has 0 unspecified atom stereocenters.